The van der Waals surface area contributed by atoms with Gasteiger partial charge in [-0.15, -0.1) is 0 Å². The first-order chi connectivity index (χ1) is 9.52. The number of nitrogens with one attached hydrogen (secondary N) is 1. The fraction of sp³-hybridized carbons (Fsp3) is 0.533. The van der Waals surface area contributed by atoms with Gasteiger partial charge in [-0.25, -0.2) is 0 Å². The third-order valence-electron chi connectivity index (χ3n) is 2.73. The standard InChI is InChI=1S/C15H23NO3S/c1-11(2)19-13-6-4-5-12(9-13)10-16-14(15(17)18)7-8-20-3/h4-6,9,11,14,16H,7-8,10H2,1-3H3,(H,17,18)/t14-/m0/s1. The monoisotopic (exact) mass is 297 g/mol. The minimum absolute atomic E-state index is 0.131. The van der Waals surface area contributed by atoms with Crippen molar-refractivity contribution in [2.45, 2.75) is 39.0 Å². The first kappa shape index (κ1) is 16.9. The molecule has 0 aliphatic carbocycles. The Morgan fingerprint density at radius 2 is 2.20 bits per heavy atom. The van der Waals surface area contributed by atoms with E-state index in [9.17, 15) is 4.79 Å². The van der Waals surface area contributed by atoms with Crippen LogP contribution in [0.5, 0.6) is 5.75 Å². The molecule has 0 saturated carbocycles. The van der Waals surface area contributed by atoms with Gasteiger partial charge in [0.15, 0.2) is 0 Å². The second-order valence-electron chi connectivity index (χ2n) is 4.87. The number of carboxylic acids is 1. The minimum Gasteiger partial charge on any atom is -0.491 e. The van der Waals surface area contributed by atoms with Crippen molar-refractivity contribution in [3.05, 3.63) is 29.8 Å². The Kier molecular flexibility index (Phi) is 7.47. The van der Waals surface area contributed by atoms with Crippen LogP contribution in [0.25, 0.3) is 0 Å². The molecule has 1 atom stereocenters. The molecule has 0 aliphatic rings. The fourth-order valence-electron chi connectivity index (χ4n) is 1.79. The zero-order valence-electron chi connectivity index (χ0n) is 12.3. The Hall–Kier alpha value is -1.20. The highest BCUT2D eigenvalue weighted by molar-refractivity contribution is 7.98. The zero-order valence-corrected chi connectivity index (χ0v) is 13.1. The lowest BCUT2D eigenvalue weighted by molar-refractivity contribution is -0.139. The van der Waals surface area contributed by atoms with E-state index in [0.29, 0.717) is 13.0 Å². The van der Waals surface area contributed by atoms with Gasteiger partial charge in [0.05, 0.1) is 6.10 Å². The van der Waals surface area contributed by atoms with Crippen molar-refractivity contribution in [3.63, 3.8) is 0 Å². The molecule has 0 aliphatic heterocycles. The highest BCUT2D eigenvalue weighted by Crippen LogP contribution is 2.15. The van der Waals surface area contributed by atoms with Gasteiger partial charge < -0.3 is 15.2 Å². The van der Waals surface area contributed by atoms with Crippen LogP contribution in [0.2, 0.25) is 0 Å². The molecule has 4 nitrogen and oxygen atoms in total. The second-order valence-corrected chi connectivity index (χ2v) is 5.85. The molecule has 0 heterocycles. The van der Waals surface area contributed by atoms with E-state index < -0.39 is 12.0 Å². The smallest absolute Gasteiger partial charge is 0.320 e. The van der Waals surface area contributed by atoms with Crippen LogP contribution < -0.4 is 10.1 Å². The summed E-state index contributed by atoms with van der Waals surface area (Å²) in [6.07, 6.45) is 2.73. The summed E-state index contributed by atoms with van der Waals surface area (Å²) in [5.74, 6) is 0.851. The quantitative estimate of drug-likeness (QED) is 0.734. The van der Waals surface area contributed by atoms with Gasteiger partial charge in [0, 0.05) is 6.54 Å². The normalized spacial score (nSPS) is 12.4. The van der Waals surface area contributed by atoms with E-state index in [2.05, 4.69) is 5.32 Å². The van der Waals surface area contributed by atoms with Gasteiger partial charge >= 0.3 is 5.97 Å². The van der Waals surface area contributed by atoms with E-state index in [1.807, 2.05) is 44.4 Å². The van der Waals surface area contributed by atoms with Crippen molar-refractivity contribution >= 4 is 17.7 Å². The molecule has 0 amide bonds. The molecular weight excluding hydrogens is 274 g/mol. The van der Waals surface area contributed by atoms with E-state index in [1.54, 1.807) is 11.8 Å². The molecule has 20 heavy (non-hydrogen) atoms. The minimum atomic E-state index is -0.798. The molecule has 112 valence electrons. The molecule has 0 bridgehead atoms. The lowest BCUT2D eigenvalue weighted by Gasteiger charge is -2.15. The maximum atomic E-state index is 11.1. The van der Waals surface area contributed by atoms with Gasteiger partial charge in [0.25, 0.3) is 0 Å². The maximum absolute atomic E-state index is 11.1. The average molecular weight is 297 g/mol. The van der Waals surface area contributed by atoms with E-state index in [-0.39, 0.29) is 6.10 Å². The molecule has 0 unspecified atom stereocenters. The SMILES string of the molecule is CSCC[C@H](NCc1cccc(OC(C)C)c1)C(=O)O. The molecule has 5 heteroatoms. The summed E-state index contributed by atoms with van der Waals surface area (Å²) in [6.45, 7) is 4.49. The molecule has 1 rings (SSSR count). The molecule has 0 saturated heterocycles. The Morgan fingerprint density at radius 1 is 1.45 bits per heavy atom. The van der Waals surface area contributed by atoms with E-state index >= 15 is 0 Å². The molecule has 0 spiro atoms. The molecule has 1 aromatic rings. The van der Waals surface area contributed by atoms with Crippen molar-refractivity contribution in [3.8, 4) is 5.75 Å². The van der Waals surface area contributed by atoms with Crippen LogP contribution in [-0.4, -0.2) is 35.2 Å². The predicted octanol–water partition coefficient (Wildman–Crippen LogP) is 2.77. The van der Waals surface area contributed by atoms with Crippen molar-refractivity contribution in [2.75, 3.05) is 12.0 Å². The van der Waals surface area contributed by atoms with Crippen LogP contribution in [-0.2, 0) is 11.3 Å². The Bertz CT molecular complexity index is 423. The number of benzene rings is 1. The van der Waals surface area contributed by atoms with E-state index in [1.165, 1.54) is 0 Å². The van der Waals surface area contributed by atoms with Gasteiger partial charge in [0.2, 0.25) is 0 Å². The van der Waals surface area contributed by atoms with E-state index in [0.717, 1.165) is 17.1 Å². The summed E-state index contributed by atoms with van der Waals surface area (Å²) in [5, 5.41) is 12.2. The summed E-state index contributed by atoms with van der Waals surface area (Å²) >= 11 is 1.65. The fourth-order valence-corrected chi connectivity index (χ4v) is 2.26. The Balaban J connectivity index is 2.56. The first-order valence-corrected chi connectivity index (χ1v) is 8.13. The zero-order chi connectivity index (χ0) is 15.0. The van der Waals surface area contributed by atoms with Crippen molar-refractivity contribution in [1.29, 1.82) is 0 Å². The number of aliphatic carboxylic acids is 1. The number of rotatable bonds is 9. The topological polar surface area (TPSA) is 58.6 Å². The van der Waals surface area contributed by atoms with Gasteiger partial charge in [-0.3, -0.25) is 4.79 Å². The molecule has 2 N–H and O–H groups in total. The third kappa shape index (κ3) is 6.30. The highest BCUT2D eigenvalue weighted by atomic mass is 32.2. The molecular formula is C15H23NO3S. The summed E-state index contributed by atoms with van der Waals surface area (Å²) in [5.41, 5.74) is 1.03. The van der Waals surface area contributed by atoms with Crippen molar-refractivity contribution in [1.82, 2.24) is 5.32 Å². The van der Waals surface area contributed by atoms with Crippen LogP contribution in [0.1, 0.15) is 25.8 Å². The number of hydrogen-bond acceptors (Lipinski definition) is 4. The number of hydrogen-bond donors (Lipinski definition) is 2. The molecule has 0 fully saturated rings. The van der Waals surface area contributed by atoms with Crippen LogP contribution in [0.3, 0.4) is 0 Å². The van der Waals surface area contributed by atoms with Crippen LogP contribution >= 0.6 is 11.8 Å². The molecule has 0 radical (unpaired) electrons. The van der Waals surface area contributed by atoms with E-state index in [4.69, 9.17) is 9.84 Å². The van der Waals surface area contributed by atoms with Crippen LogP contribution in [0, 0.1) is 0 Å². The lowest BCUT2D eigenvalue weighted by atomic mass is 10.1. The second kappa shape index (κ2) is 8.87. The number of thioether (sulfide) groups is 1. The number of ether oxygens (including phenoxy) is 1. The summed E-state index contributed by atoms with van der Waals surface area (Å²) in [6, 6.07) is 7.24. The largest absolute Gasteiger partial charge is 0.491 e. The summed E-state index contributed by atoms with van der Waals surface area (Å²) < 4.78 is 5.63. The van der Waals surface area contributed by atoms with Gasteiger partial charge in [-0.05, 0) is 50.0 Å². The van der Waals surface area contributed by atoms with Crippen LogP contribution in [0.15, 0.2) is 24.3 Å². The highest BCUT2D eigenvalue weighted by Gasteiger charge is 2.15. The van der Waals surface area contributed by atoms with Crippen LogP contribution in [0.4, 0.5) is 0 Å². The average Bonchev–Trinajstić information content (AvgIpc) is 2.38. The summed E-state index contributed by atoms with van der Waals surface area (Å²) in [7, 11) is 0. The van der Waals surface area contributed by atoms with Gasteiger partial charge in [0.1, 0.15) is 11.8 Å². The molecule has 1 aromatic carbocycles. The maximum Gasteiger partial charge on any atom is 0.320 e. The van der Waals surface area contributed by atoms with Crippen molar-refractivity contribution in [2.24, 2.45) is 0 Å². The lowest BCUT2D eigenvalue weighted by Crippen LogP contribution is -2.36. The molecule has 0 aromatic heterocycles. The Morgan fingerprint density at radius 3 is 2.80 bits per heavy atom. The number of carboxylic acid groups (broad SMARTS) is 1. The summed E-state index contributed by atoms with van der Waals surface area (Å²) in [4.78, 5) is 11.1. The number of carbonyl (C=O) groups is 1. The van der Waals surface area contributed by atoms with Gasteiger partial charge in [-0.2, -0.15) is 11.8 Å². The third-order valence-corrected chi connectivity index (χ3v) is 3.38. The first-order valence-electron chi connectivity index (χ1n) is 6.73. The Labute approximate surface area is 124 Å². The van der Waals surface area contributed by atoms with Crippen molar-refractivity contribution < 1.29 is 14.6 Å². The predicted molar refractivity (Wildman–Crippen MR) is 83.5 cm³/mol. The van der Waals surface area contributed by atoms with Gasteiger partial charge in [-0.1, -0.05) is 12.1 Å².